The molecule has 0 saturated heterocycles. The highest BCUT2D eigenvalue weighted by Gasteiger charge is 2.13. The summed E-state index contributed by atoms with van der Waals surface area (Å²) in [6.07, 6.45) is 4.99. The molecule has 0 aromatic heterocycles. The van der Waals surface area contributed by atoms with Gasteiger partial charge in [0, 0.05) is 12.1 Å². The van der Waals surface area contributed by atoms with Crippen molar-refractivity contribution in [3.8, 4) is 11.5 Å². The highest BCUT2D eigenvalue weighted by Crippen LogP contribution is 2.37. The molecule has 2 aromatic carbocycles. The van der Waals surface area contributed by atoms with Gasteiger partial charge in [-0.15, -0.1) is 0 Å². The number of ether oxygens (including phenoxy) is 2. The molecular formula is C21H27BrFNO2. The minimum atomic E-state index is -0.272. The van der Waals surface area contributed by atoms with E-state index in [4.69, 9.17) is 9.47 Å². The summed E-state index contributed by atoms with van der Waals surface area (Å²) >= 11 is 3.55. The minimum Gasteiger partial charge on any atom is -0.493 e. The van der Waals surface area contributed by atoms with Gasteiger partial charge in [0.05, 0.1) is 11.6 Å². The molecule has 0 bridgehead atoms. The van der Waals surface area contributed by atoms with Gasteiger partial charge in [-0.2, -0.15) is 0 Å². The van der Waals surface area contributed by atoms with E-state index in [1.165, 1.54) is 31.7 Å². The Bertz CT molecular complexity index is 694. The minimum absolute atomic E-state index is 0.149. The predicted molar refractivity (Wildman–Crippen MR) is 107 cm³/mol. The highest BCUT2D eigenvalue weighted by molar-refractivity contribution is 9.10. The zero-order chi connectivity index (χ0) is 18.8. The summed E-state index contributed by atoms with van der Waals surface area (Å²) in [6, 6.07) is 10.6. The summed E-state index contributed by atoms with van der Waals surface area (Å²) in [5.41, 5.74) is 1.63. The summed E-state index contributed by atoms with van der Waals surface area (Å²) < 4.78 is 25.8. The molecule has 0 saturated carbocycles. The van der Waals surface area contributed by atoms with Crippen molar-refractivity contribution >= 4 is 15.9 Å². The van der Waals surface area contributed by atoms with Crippen molar-refractivity contribution in [1.82, 2.24) is 5.32 Å². The average Bonchev–Trinajstić information content (AvgIpc) is 2.64. The van der Waals surface area contributed by atoms with Crippen LogP contribution in [0.25, 0.3) is 0 Å². The molecule has 0 unspecified atom stereocenters. The molecular weight excluding hydrogens is 397 g/mol. The molecule has 1 N–H and O–H groups in total. The Morgan fingerprint density at radius 3 is 2.65 bits per heavy atom. The van der Waals surface area contributed by atoms with Crippen LogP contribution in [0.2, 0.25) is 0 Å². The van der Waals surface area contributed by atoms with Crippen molar-refractivity contribution in [1.29, 1.82) is 0 Å². The molecule has 3 nitrogen and oxygen atoms in total. The highest BCUT2D eigenvalue weighted by atomic mass is 79.9. The number of methoxy groups -OCH3 is 1. The van der Waals surface area contributed by atoms with Crippen molar-refractivity contribution in [2.24, 2.45) is 0 Å². The lowest BCUT2D eigenvalue weighted by molar-refractivity contribution is 0.277. The van der Waals surface area contributed by atoms with Crippen LogP contribution in [-0.2, 0) is 13.2 Å². The van der Waals surface area contributed by atoms with Crippen LogP contribution in [0.15, 0.2) is 40.9 Å². The second kappa shape index (κ2) is 11.2. The summed E-state index contributed by atoms with van der Waals surface area (Å²) in [5.74, 6) is 0.951. The molecule has 0 radical (unpaired) electrons. The van der Waals surface area contributed by atoms with Crippen molar-refractivity contribution < 1.29 is 13.9 Å². The first-order valence-electron chi connectivity index (χ1n) is 9.09. The Morgan fingerprint density at radius 1 is 1.12 bits per heavy atom. The molecule has 2 aromatic rings. The van der Waals surface area contributed by atoms with Gasteiger partial charge in [-0.1, -0.05) is 44.4 Å². The summed E-state index contributed by atoms with van der Waals surface area (Å²) in [5, 5.41) is 3.46. The van der Waals surface area contributed by atoms with E-state index in [1.807, 2.05) is 12.1 Å². The smallest absolute Gasteiger partial charge is 0.175 e. The van der Waals surface area contributed by atoms with E-state index in [1.54, 1.807) is 25.3 Å². The number of halogens is 2. The first-order chi connectivity index (χ1) is 12.7. The van der Waals surface area contributed by atoms with E-state index in [2.05, 4.69) is 28.2 Å². The van der Waals surface area contributed by atoms with Gasteiger partial charge >= 0.3 is 0 Å². The maximum absolute atomic E-state index is 13.8. The molecule has 0 heterocycles. The molecule has 0 aliphatic rings. The molecule has 0 amide bonds. The van der Waals surface area contributed by atoms with Crippen LogP contribution in [-0.4, -0.2) is 13.7 Å². The van der Waals surface area contributed by atoms with Crippen LogP contribution >= 0.6 is 15.9 Å². The van der Waals surface area contributed by atoms with Gasteiger partial charge < -0.3 is 14.8 Å². The Kier molecular flexibility index (Phi) is 8.92. The standard InChI is InChI=1S/C21H27BrFNO2/c1-3-4-5-8-11-24-14-16-12-18(22)21(20(13-16)25-2)26-15-17-9-6-7-10-19(17)23/h6-7,9-10,12-13,24H,3-5,8,11,14-15H2,1-2H3. The second-order valence-corrected chi connectivity index (χ2v) is 7.08. The number of hydrogen-bond donors (Lipinski definition) is 1. The maximum Gasteiger partial charge on any atom is 0.175 e. The lowest BCUT2D eigenvalue weighted by atomic mass is 10.1. The van der Waals surface area contributed by atoms with Crippen LogP contribution in [0, 0.1) is 5.82 Å². The predicted octanol–water partition coefficient (Wildman–Crippen LogP) is 5.85. The number of hydrogen-bond acceptors (Lipinski definition) is 3. The first-order valence-corrected chi connectivity index (χ1v) is 9.88. The Morgan fingerprint density at radius 2 is 1.92 bits per heavy atom. The van der Waals surface area contributed by atoms with Gasteiger partial charge in [0.1, 0.15) is 12.4 Å². The van der Waals surface area contributed by atoms with Gasteiger partial charge in [0.2, 0.25) is 0 Å². The van der Waals surface area contributed by atoms with Crippen LogP contribution < -0.4 is 14.8 Å². The molecule has 2 rings (SSSR count). The number of rotatable bonds is 11. The number of unbranched alkanes of at least 4 members (excludes halogenated alkanes) is 3. The molecule has 0 spiro atoms. The van der Waals surface area contributed by atoms with Crippen LogP contribution in [0.3, 0.4) is 0 Å². The normalized spacial score (nSPS) is 10.8. The lowest BCUT2D eigenvalue weighted by Crippen LogP contribution is -2.14. The van der Waals surface area contributed by atoms with Gasteiger partial charge in [0.15, 0.2) is 11.5 Å². The quantitative estimate of drug-likeness (QED) is 0.460. The van der Waals surface area contributed by atoms with E-state index in [0.717, 1.165) is 23.1 Å². The summed E-state index contributed by atoms with van der Waals surface area (Å²) in [4.78, 5) is 0. The summed E-state index contributed by atoms with van der Waals surface area (Å²) in [7, 11) is 1.61. The fraction of sp³-hybridized carbons (Fsp3) is 0.429. The zero-order valence-electron chi connectivity index (χ0n) is 15.5. The molecule has 0 aliphatic heterocycles. The molecule has 26 heavy (non-hydrogen) atoms. The Balaban J connectivity index is 1.96. The molecule has 5 heteroatoms. The molecule has 0 fully saturated rings. The van der Waals surface area contributed by atoms with Gasteiger partial charge in [0.25, 0.3) is 0 Å². The molecule has 142 valence electrons. The number of nitrogens with one attached hydrogen (secondary N) is 1. The summed E-state index contributed by atoms with van der Waals surface area (Å²) in [6.45, 7) is 4.14. The van der Waals surface area contributed by atoms with Crippen molar-refractivity contribution in [2.75, 3.05) is 13.7 Å². The Labute approximate surface area is 164 Å². The van der Waals surface area contributed by atoms with Gasteiger partial charge in [-0.25, -0.2) is 4.39 Å². The third-order valence-corrected chi connectivity index (χ3v) is 4.74. The fourth-order valence-electron chi connectivity index (χ4n) is 2.69. The monoisotopic (exact) mass is 423 g/mol. The van der Waals surface area contributed by atoms with Gasteiger partial charge in [-0.05, 0) is 52.7 Å². The molecule has 0 atom stereocenters. The van der Waals surface area contributed by atoms with E-state index >= 15 is 0 Å². The topological polar surface area (TPSA) is 30.5 Å². The first kappa shape index (κ1) is 20.7. The van der Waals surface area contributed by atoms with Gasteiger partial charge in [-0.3, -0.25) is 0 Å². The van der Waals surface area contributed by atoms with Crippen LogP contribution in [0.5, 0.6) is 11.5 Å². The van der Waals surface area contributed by atoms with E-state index < -0.39 is 0 Å². The molecule has 0 aliphatic carbocycles. The zero-order valence-corrected chi connectivity index (χ0v) is 17.1. The van der Waals surface area contributed by atoms with E-state index in [-0.39, 0.29) is 12.4 Å². The van der Waals surface area contributed by atoms with Crippen LogP contribution in [0.1, 0.15) is 43.7 Å². The van der Waals surface area contributed by atoms with Crippen molar-refractivity contribution in [2.45, 2.75) is 45.8 Å². The van der Waals surface area contributed by atoms with E-state index in [9.17, 15) is 4.39 Å². The average molecular weight is 424 g/mol. The third-order valence-electron chi connectivity index (χ3n) is 4.16. The fourth-order valence-corrected chi connectivity index (χ4v) is 3.29. The van der Waals surface area contributed by atoms with Crippen molar-refractivity contribution in [3.63, 3.8) is 0 Å². The maximum atomic E-state index is 13.8. The lowest BCUT2D eigenvalue weighted by Gasteiger charge is -2.15. The largest absolute Gasteiger partial charge is 0.493 e. The number of benzene rings is 2. The SMILES string of the molecule is CCCCCCNCc1cc(Br)c(OCc2ccccc2F)c(OC)c1. The second-order valence-electron chi connectivity index (χ2n) is 6.23. The van der Waals surface area contributed by atoms with Crippen LogP contribution in [0.4, 0.5) is 4.39 Å². The van der Waals surface area contributed by atoms with E-state index in [0.29, 0.717) is 17.1 Å². The Hall–Kier alpha value is -1.59. The van der Waals surface area contributed by atoms with Crippen molar-refractivity contribution in [3.05, 3.63) is 57.8 Å². The third kappa shape index (κ3) is 6.29.